The first-order valence-electron chi connectivity index (χ1n) is 7.56. The predicted octanol–water partition coefficient (Wildman–Crippen LogP) is 4.15. The van der Waals surface area contributed by atoms with E-state index < -0.39 is 0 Å². The van der Waals surface area contributed by atoms with E-state index in [4.69, 9.17) is 4.74 Å². The highest BCUT2D eigenvalue weighted by atomic mass is 16.5. The Bertz CT molecular complexity index is 424. The normalized spacial score (nSPS) is 22.1. The third-order valence-electron chi connectivity index (χ3n) is 4.13. The quantitative estimate of drug-likeness (QED) is 0.525. The van der Waals surface area contributed by atoms with Gasteiger partial charge in [-0.2, -0.15) is 0 Å². The van der Waals surface area contributed by atoms with E-state index in [1.165, 1.54) is 5.56 Å². The SMILES string of the molecule is C=CC[C@@H]1CCC(=O)[C@H]1CCCOCc1ccccc1. The van der Waals surface area contributed by atoms with Crippen molar-refractivity contribution in [3.8, 4) is 0 Å². The number of carbonyl (C=O) groups is 1. The molecule has 2 nitrogen and oxygen atoms in total. The number of ketones is 1. The van der Waals surface area contributed by atoms with Gasteiger partial charge in [0, 0.05) is 18.9 Å². The summed E-state index contributed by atoms with van der Waals surface area (Å²) in [7, 11) is 0. The van der Waals surface area contributed by atoms with E-state index in [9.17, 15) is 4.79 Å². The van der Waals surface area contributed by atoms with Crippen molar-refractivity contribution in [2.24, 2.45) is 11.8 Å². The predicted molar refractivity (Wildman–Crippen MR) is 81.4 cm³/mol. The van der Waals surface area contributed by atoms with Crippen molar-refractivity contribution in [2.45, 2.75) is 38.7 Å². The summed E-state index contributed by atoms with van der Waals surface area (Å²) in [6, 6.07) is 10.2. The number of hydrogen-bond donors (Lipinski definition) is 0. The van der Waals surface area contributed by atoms with Gasteiger partial charge in [0.1, 0.15) is 5.78 Å². The highest BCUT2D eigenvalue weighted by Crippen LogP contribution is 2.34. The first-order chi connectivity index (χ1) is 9.81. The van der Waals surface area contributed by atoms with Gasteiger partial charge in [0.05, 0.1) is 6.61 Å². The molecule has 2 rings (SSSR count). The molecule has 0 heterocycles. The second-order valence-electron chi connectivity index (χ2n) is 5.58. The van der Waals surface area contributed by atoms with E-state index in [1.807, 2.05) is 24.3 Å². The number of Topliss-reactive ketones (excluding diaryl/α,β-unsaturated/α-hetero) is 1. The van der Waals surface area contributed by atoms with E-state index >= 15 is 0 Å². The van der Waals surface area contributed by atoms with Gasteiger partial charge in [0.25, 0.3) is 0 Å². The van der Waals surface area contributed by atoms with E-state index in [2.05, 4.69) is 18.7 Å². The van der Waals surface area contributed by atoms with Crippen LogP contribution in [0.4, 0.5) is 0 Å². The Hall–Kier alpha value is -1.41. The Morgan fingerprint density at radius 3 is 2.85 bits per heavy atom. The monoisotopic (exact) mass is 272 g/mol. The van der Waals surface area contributed by atoms with Crippen molar-refractivity contribution in [3.63, 3.8) is 0 Å². The minimum atomic E-state index is 0.244. The molecule has 0 saturated heterocycles. The highest BCUT2D eigenvalue weighted by molar-refractivity contribution is 5.83. The van der Waals surface area contributed by atoms with E-state index in [-0.39, 0.29) is 5.92 Å². The Kier molecular flexibility index (Phi) is 6.00. The van der Waals surface area contributed by atoms with Gasteiger partial charge in [0.2, 0.25) is 0 Å². The lowest BCUT2D eigenvalue weighted by Crippen LogP contribution is -2.15. The smallest absolute Gasteiger partial charge is 0.136 e. The summed E-state index contributed by atoms with van der Waals surface area (Å²) in [4.78, 5) is 11.9. The molecular formula is C18H24O2. The zero-order chi connectivity index (χ0) is 14.2. The van der Waals surface area contributed by atoms with E-state index in [0.29, 0.717) is 18.3 Å². The Morgan fingerprint density at radius 1 is 1.30 bits per heavy atom. The minimum Gasteiger partial charge on any atom is -0.377 e. The molecule has 0 N–H and O–H groups in total. The third-order valence-corrected chi connectivity index (χ3v) is 4.13. The Balaban J connectivity index is 1.65. The van der Waals surface area contributed by atoms with Crippen molar-refractivity contribution in [2.75, 3.05) is 6.61 Å². The molecule has 20 heavy (non-hydrogen) atoms. The summed E-state index contributed by atoms with van der Waals surface area (Å²) < 4.78 is 5.68. The fraction of sp³-hybridized carbons (Fsp3) is 0.500. The van der Waals surface area contributed by atoms with E-state index in [1.54, 1.807) is 0 Å². The molecule has 0 spiro atoms. The minimum absolute atomic E-state index is 0.244. The van der Waals surface area contributed by atoms with Crippen LogP contribution in [0.5, 0.6) is 0 Å². The van der Waals surface area contributed by atoms with Crippen LogP contribution >= 0.6 is 0 Å². The Morgan fingerprint density at radius 2 is 2.10 bits per heavy atom. The van der Waals surface area contributed by atoms with Crippen molar-refractivity contribution < 1.29 is 9.53 Å². The van der Waals surface area contributed by atoms with Crippen LogP contribution in [0, 0.1) is 11.8 Å². The molecule has 1 aliphatic rings. The van der Waals surface area contributed by atoms with Crippen molar-refractivity contribution >= 4 is 5.78 Å². The largest absolute Gasteiger partial charge is 0.377 e. The summed E-state index contributed by atoms with van der Waals surface area (Å²) in [5.74, 6) is 1.21. The van der Waals surface area contributed by atoms with Crippen LogP contribution in [-0.2, 0) is 16.1 Å². The molecule has 108 valence electrons. The molecule has 1 saturated carbocycles. The molecular weight excluding hydrogens is 248 g/mol. The maximum Gasteiger partial charge on any atom is 0.136 e. The van der Waals surface area contributed by atoms with Crippen LogP contribution in [0.1, 0.15) is 37.7 Å². The lowest BCUT2D eigenvalue weighted by molar-refractivity contribution is -0.121. The lowest BCUT2D eigenvalue weighted by Gasteiger charge is -2.16. The number of benzene rings is 1. The van der Waals surface area contributed by atoms with Crippen LogP contribution in [0.15, 0.2) is 43.0 Å². The van der Waals surface area contributed by atoms with Gasteiger partial charge in [-0.1, -0.05) is 36.4 Å². The number of hydrogen-bond acceptors (Lipinski definition) is 2. The molecule has 0 bridgehead atoms. The fourth-order valence-corrected chi connectivity index (χ4v) is 3.04. The summed E-state index contributed by atoms with van der Waals surface area (Å²) in [5, 5.41) is 0. The van der Waals surface area contributed by atoms with Crippen LogP contribution in [0.2, 0.25) is 0 Å². The maximum absolute atomic E-state index is 11.9. The van der Waals surface area contributed by atoms with Crippen molar-refractivity contribution in [3.05, 3.63) is 48.6 Å². The average Bonchev–Trinajstić information content (AvgIpc) is 2.81. The summed E-state index contributed by atoms with van der Waals surface area (Å²) in [6.07, 6.45) is 6.65. The molecule has 0 unspecified atom stereocenters. The standard InChI is InChI=1S/C18H24O2/c1-2-7-16-11-12-18(19)17(16)10-6-13-20-14-15-8-4-3-5-9-15/h2-5,8-9,16-17H,1,6-7,10-14H2/t16-,17+/m1/s1. The van der Waals surface area contributed by atoms with Gasteiger partial charge in [-0.3, -0.25) is 4.79 Å². The summed E-state index contributed by atoms with van der Waals surface area (Å²) in [5.41, 5.74) is 1.20. The number of carbonyl (C=O) groups excluding carboxylic acids is 1. The lowest BCUT2D eigenvalue weighted by atomic mass is 9.89. The maximum atomic E-state index is 11.9. The van der Waals surface area contributed by atoms with Gasteiger partial charge in [-0.05, 0) is 37.2 Å². The molecule has 0 radical (unpaired) electrons. The molecule has 0 amide bonds. The molecule has 1 aliphatic carbocycles. The zero-order valence-electron chi connectivity index (χ0n) is 12.1. The van der Waals surface area contributed by atoms with E-state index in [0.717, 1.165) is 38.7 Å². The molecule has 0 aromatic heterocycles. The Labute approximate surface area is 121 Å². The van der Waals surface area contributed by atoms with Crippen LogP contribution in [0.25, 0.3) is 0 Å². The van der Waals surface area contributed by atoms with Gasteiger partial charge in [0.15, 0.2) is 0 Å². The topological polar surface area (TPSA) is 26.3 Å². The van der Waals surface area contributed by atoms with Crippen molar-refractivity contribution in [1.29, 1.82) is 0 Å². The van der Waals surface area contributed by atoms with Gasteiger partial charge >= 0.3 is 0 Å². The first-order valence-corrected chi connectivity index (χ1v) is 7.56. The van der Waals surface area contributed by atoms with Crippen molar-refractivity contribution in [1.82, 2.24) is 0 Å². The second-order valence-corrected chi connectivity index (χ2v) is 5.58. The molecule has 1 aromatic rings. The van der Waals surface area contributed by atoms with Gasteiger partial charge in [-0.15, -0.1) is 6.58 Å². The molecule has 1 fully saturated rings. The summed E-state index contributed by atoms with van der Waals surface area (Å²) >= 11 is 0. The average molecular weight is 272 g/mol. The number of allylic oxidation sites excluding steroid dienone is 1. The third kappa shape index (κ3) is 4.31. The van der Waals surface area contributed by atoms with Crippen LogP contribution in [0.3, 0.4) is 0 Å². The summed E-state index contributed by atoms with van der Waals surface area (Å²) in [6.45, 7) is 5.19. The molecule has 1 aromatic carbocycles. The van der Waals surface area contributed by atoms with Gasteiger partial charge in [-0.25, -0.2) is 0 Å². The molecule has 2 atom stereocenters. The van der Waals surface area contributed by atoms with Crippen LogP contribution < -0.4 is 0 Å². The zero-order valence-corrected chi connectivity index (χ0v) is 12.1. The molecule has 0 aliphatic heterocycles. The first kappa shape index (κ1) is 15.0. The number of ether oxygens (including phenoxy) is 1. The molecule has 2 heteroatoms. The highest BCUT2D eigenvalue weighted by Gasteiger charge is 2.32. The second kappa shape index (κ2) is 8.01. The van der Waals surface area contributed by atoms with Crippen LogP contribution in [-0.4, -0.2) is 12.4 Å². The number of rotatable bonds is 8. The fourth-order valence-electron chi connectivity index (χ4n) is 3.04. The van der Waals surface area contributed by atoms with Gasteiger partial charge < -0.3 is 4.74 Å².